The van der Waals surface area contributed by atoms with E-state index in [0.29, 0.717) is 17.3 Å². The van der Waals surface area contributed by atoms with Gasteiger partial charge < -0.3 is 0 Å². The number of aryl methyl sites for hydroxylation is 2. The van der Waals surface area contributed by atoms with Crippen LogP contribution in [0.1, 0.15) is 12.6 Å². The minimum absolute atomic E-state index is 0.148. The molecule has 0 aliphatic rings. The summed E-state index contributed by atoms with van der Waals surface area (Å²) in [6.07, 6.45) is 4.35. The molecule has 0 aliphatic heterocycles. The smallest absolute Gasteiger partial charge is 0.246 e. The summed E-state index contributed by atoms with van der Waals surface area (Å²) < 4.78 is 29.2. The second-order valence-electron chi connectivity index (χ2n) is 4.36. The topological polar surface area (TPSA) is 73.0 Å². The van der Waals surface area contributed by atoms with Gasteiger partial charge in [-0.05, 0) is 6.92 Å². The molecule has 20 heavy (non-hydrogen) atoms. The lowest BCUT2D eigenvalue weighted by Crippen LogP contribution is -2.27. The van der Waals surface area contributed by atoms with Crippen LogP contribution in [-0.4, -0.2) is 39.3 Å². The molecular formula is C11H16ClN5O2S. The number of sulfonamides is 1. The summed E-state index contributed by atoms with van der Waals surface area (Å²) in [5.74, 6) is 0. The zero-order valence-corrected chi connectivity index (χ0v) is 13.1. The van der Waals surface area contributed by atoms with Gasteiger partial charge in [-0.15, -0.1) is 0 Å². The van der Waals surface area contributed by atoms with E-state index in [2.05, 4.69) is 10.2 Å². The molecule has 0 atom stereocenters. The van der Waals surface area contributed by atoms with Crippen LogP contribution < -0.4 is 0 Å². The van der Waals surface area contributed by atoms with Gasteiger partial charge in [0, 0.05) is 26.8 Å². The monoisotopic (exact) mass is 317 g/mol. The maximum absolute atomic E-state index is 12.4. The highest BCUT2D eigenvalue weighted by molar-refractivity contribution is 7.89. The summed E-state index contributed by atoms with van der Waals surface area (Å²) in [6, 6.07) is 0. The van der Waals surface area contributed by atoms with Crippen LogP contribution >= 0.6 is 11.6 Å². The van der Waals surface area contributed by atoms with Crippen LogP contribution in [0.5, 0.6) is 0 Å². The molecule has 7 nitrogen and oxygen atoms in total. The van der Waals surface area contributed by atoms with Gasteiger partial charge in [-0.1, -0.05) is 11.6 Å². The van der Waals surface area contributed by atoms with Crippen LogP contribution in [0.25, 0.3) is 0 Å². The number of hydrogen-bond donors (Lipinski definition) is 0. The highest BCUT2D eigenvalue weighted by Crippen LogP contribution is 2.20. The predicted molar refractivity (Wildman–Crippen MR) is 74.8 cm³/mol. The third-order valence-corrected chi connectivity index (χ3v) is 5.10. The summed E-state index contributed by atoms with van der Waals surface area (Å²) in [6.45, 7) is 2.66. The van der Waals surface area contributed by atoms with Crippen molar-refractivity contribution < 1.29 is 8.42 Å². The maximum Gasteiger partial charge on any atom is 0.246 e. The highest BCUT2D eigenvalue weighted by Gasteiger charge is 2.24. The average molecular weight is 318 g/mol. The van der Waals surface area contributed by atoms with E-state index in [1.165, 1.54) is 29.9 Å². The predicted octanol–water partition coefficient (Wildman–Crippen LogP) is 1.11. The number of halogens is 1. The summed E-state index contributed by atoms with van der Waals surface area (Å²) in [5.41, 5.74) is 0.639. The molecule has 9 heteroatoms. The van der Waals surface area contributed by atoms with E-state index in [1.54, 1.807) is 16.4 Å². The summed E-state index contributed by atoms with van der Waals surface area (Å²) in [7, 11) is -0.367. The van der Waals surface area contributed by atoms with E-state index < -0.39 is 10.0 Å². The van der Waals surface area contributed by atoms with Crippen molar-refractivity contribution in [1.82, 2.24) is 23.9 Å². The lowest BCUT2D eigenvalue weighted by Gasteiger charge is -2.16. The second-order valence-corrected chi connectivity index (χ2v) is 6.81. The quantitative estimate of drug-likeness (QED) is 0.828. The van der Waals surface area contributed by atoms with E-state index >= 15 is 0 Å². The molecule has 0 amide bonds. The van der Waals surface area contributed by atoms with E-state index in [-0.39, 0.29) is 11.4 Å². The zero-order chi connectivity index (χ0) is 14.9. The standard InChI is InChI=1S/C11H16ClN5O2S/c1-4-17-7-9(5-14-17)20(18,19)15(2)8-11-10(12)6-13-16(11)3/h5-7H,4,8H2,1-3H3. The first-order chi connectivity index (χ1) is 9.36. The first kappa shape index (κ1) is 15.0. The first-order valence-corrected chi connectivity index (χ1v) is 7.83. The Bertz CT molecular complexity index is 687. The Kier molecular flexibility index (Phi) is 4.17. The van der Waals surface area contributed by atoms with E-state index in [4.69, 9.17) is 11.6 Å². The minimum atomic E-state index is -3.59. The van der Waals surface area contributed by atoms with Gasteiger partial charge in [-0.3, -0.25) is 9.36 Å². The van der Waals surface area contributed by atoms with Crippen LogP contribution in [-0.2, 0) is 30.2 Å². The zero-order valence-electron chi connectivity index (χ0n) is 11.5. The van der Waals surface area contributed by atoms with Crippen molar-refractivity contribution >= 4 is 21.6 Å². The van der Waals surface area contributed by atoms with Gasteiger partial charge in [0.25, 0.3) is 0 Å². The van der Waals surface area contributed by atoms with Gasteiger partial charge in [0.2, 0.25) is 10.0 Å². The van der Waals surface area contributed by atoms with Crippen molar-refractivity contribution in [3.05, 3.63) is 29.3 Å². The van der Waals surface area contributed by atoms with Gasteiger partial charge in [0.1, 0.15) is 4.90 Å². The third-order valence-electron chi connectivity index (χ3n) is 3.02. The Morgan fingerprint density at radius 2 is 2.05 bits per heavy atom. The van der Waals surface area contributed by atoms with Crippen molar-refractivity contribution in [3.8, 4) is 0 Å². The van der Waals surface area contributed by atoms with Crippen LogP contribution in [0.3, 0.4) is 0 Å². The molecule has 110 valence electrons. The molecule has 0 saturated carbocycles. The minimum Gasteiger partial charge on any atom is -0.272 e. The number of nitrogens with zero attached hydrogens (tertiary/aromatic N) is 5. The SMILES string of the molecule is CCn1cc(S(=O)(=O)N(C)Cc2c(Cl)cnn2C)cn1. The Balaban J connectivity index is 2.25. The summed E-state index contributed by atoms with van der Waals surface area (Å²) in [5, 5.41) is 8.41. The molecule has 2 aromatic rings. The molecule has 0 bridgehead atoms. The Morgan fingerprint density at radius 3 is 2.55 bits per heavy atom. The van der Waals surface area contributed by atoms with E-state index in [9.17, 15) is 8.42 Å². The molecule has 2 aromatic heterocycles. The molecule has 2 heterocycles. The Morgan fingerprint density at radius 1 is 1.35 bits per heavy atom. The summed E-state index contributed by atoms with van der Waals surface area (Å²) in [4.78, 5) is 0.167. The van der Waals surface area contributed by atoms with Gasteiger partial charge in [0.05, 0.1) is 29.7 Å². The average Bonchev–Trinajstić information content (AvgIpc) is 3.00. The van der Waals surface area contributed by atoms with Crippen molar-refractivity contribution in [2.75, 3.05) is 7.05 Å². The first-order valence-electron chi connectivity index (χ1n) is 6.01. The summed E-state index contributed by atoms with van der Waals surface area (Å²) >= 11 is 5.99. The Hall–Kier alpha value is -1.38. The molecule has 0 aliphatic carbocycles. The van der Waals surface area contributed by atoms with Crippen LogP contribution in [0, 0.1) is 0 Å². The van der Waals surface area contributed by atoms with Crippen LogP contribution in [0.15, 0.2) is 23.5 Å². The van der Waals surface area contributed by atoms with Crippen molar-refractivity contribution in [3.63, 3.8) is 0 Å². The number of aromatic nitrogens is 4. The Labute approximate surface area is 122 Å². The molecule has 0 saturated heterocycles. The van der Waals surface area contributed by atoms with Crippen LogP contribution in [0.4, 0.5) is 0 Å². The molecule has 0 radical (unpaired) electrons. The molecule has 0 spiro atoms. The molecule has 0 N–H and O–H groups in total. The molecular weight excluding hydrogens is 302 g/mol. The lowest BCUT2D eigenvalue weighted by atomic mass is 10.4. The van der Waals surface area contributed by atoms with Gasteiger partial charge in [0.15, 0.2) is 0 Å². The fourth-order valence-electron chi connectivity index (χ4n) is 1.74. The van der Waals surface area contributed by atoms with Gasteiger partial charge in [-0.25, -0.2) is 8.42 Å². The maximum atomic E-state index is 12.4. The van der Waals surface area contributed by atoms with Crippen molar-refractivity contribution in [2.45, 2.75) is 24.9 Å². The number of rotatable bonds is 5. The second kappa shape index (κ2) is 5.55. The normalized spacial score (nSPS) is 12.2. The van der Waals surface area contributed by atoms with Crippen LogP contribution in [0.2, 0.25) is 5.02 Å². The third kappa shape index (κ3) is 2.72. The number of hydrogen-bond acceptors (Lipinski definition) is 4. The van der Waals surface area contributed by atoms with E-state index in [0.717, 1.165) is 0 Å². The largest absolute Gasteiger partial charge is 0.272 e. The molecule has 0 unspecified atom stereocenters. The fourth-order valence-corrected chi connectivity index (χ4v) is 3.05. The molecule has 2 rings (SSSR count). The molecule has 0 aromatic carbocycles. The molecule has 0 fully saturated rings. The fraction of sp³-hybridized carbons (Fsp3) is 0.455. The van der Waals surface area contributed by atoms with Gasteiger partial charge >= 0.3 is 0 Å². The highest BCUT2D eigenvalue weighted by atomic mass is 35.5. The van der Waals surface area contributed by atoms with Crippen molar-refractivity contribution in [1.29, 1.82) is 0 Å². The van der Waals surface area contributed by atoms with Crippen molar-refractivity contribution in [2.24, 2.45) is 7.05 Å². The van der Waals surface area contributed by atoms with Gasteiger partial charge in [-0.2, -0.15) is 14.5 Å². The van der Waals surface area contributed by atoms with E-state index in [1.807, 2.05) is 6.92 Å². The lowest BCUT2D eigenvalue weighted by molar-refractivity contribution is 0.453.